The van der Waals surface area contributed by atoms with Crippen molar-refractivity contribution >= 4 is 11.4 Å². The van der Waals surface area contributed by atoms with E-state index in [9.17, 15) is 0 Å². The van der Waals surface area contributed by atoms with Gasteiger partial charge >= 0.3 is 0 Å². The van der Waals surface area contributed by atoms with Crippen LogP contribution in [0.5, 0.6) is 0 Å². The SMILES string of the molecule is Nc1cnccc1N1CCC(c2ncon2)CC1. The van der Waals surface area contributed by atoms with E-state index < -0.39 is 0 Å². The third kappa shape index (κ3) is 2.01. The van der Waals surface area contributed by atoms with Gasteiger partial charge in [0.1, 0.15) is 0 Å². The number of nitrogen functional groups attached to an aromatic ring is 1. The standard InChI is InChI=1S/C12H15N5O/c13-10-7-14-4-1-11(10)17-5-2-9(3-6-17)12-15-8-18-16-12/h1,4,7-9H,2-3,5-6,13H2. The fourth-order valence-corrected chi connectivity index (χ4v) is 2.42. The summed E-state index contributed by atoms with van der Waals surface area (Å²) in [6.45, 7) is 1.90. The second-order valence-corrected chi connectivity index (χ2v) is 4.49. The minimum absolute atomic E-state index is 0.392. The summed E-state index contributed by atoms with van der Waals surface area (Å²) in [5.41, 5.74) is 7.73. The molecule has 0 bridgehead atoms. The van der Waals surface area contributed by atoms with Gasteiger partial charge in [0.25, 0.3) is 0 Å². The van der Waals surface area contributed by atoms with E-state index in [1.807, 2.05) is 6.07 Å². The van der Waals surface area contributed by atoms with Gasteiger partial charge in [-0.1, -0.05) is 5.16 Å². The van der Waals surface area contributed by atoms with Crippen molar-refractivity contribution in [1.29, 1.82) is 0 Å². The number of aromatic nitrogens is 3. The van der Waals surface area contributed by atoms with Crippen LogP contribution in [-0.4, -0.2) is 28.2 Å². The van der Waals surface area contributed by atoms with Gasteiger partial charge < -0.3 is 15.2 Å². The van der Waals surface area contributed by atoms with E-state index in [1.165, 1.54) is 6.39 Å². The summed E-state index contributed by atoms with van der Waals surface area (Å²) in [5, 5.41) is 3.92. The zero-order valence-corrected chi connectivity index (χ0v) is 9.99. The summed E-state index contributed by atoms with van der Waals surface area (Å²) in [7, 11) is 0. The molecule has 2 aromatic rings. The number of hydrogen-bond acceptors (Lipinski definition) is 6. The van der Waals surface area contributed by atoms with Crippen LogP contribution in [0.3, 0.4) is 0 Å². The normalized spacial score (nSPS) is 17.0. The van der Waals surface area contributed by atoms with E-state index in [-0.39, 0.29) is 0 Å². The van der Waals surface area contributed by atoms with Crippen LogP contribution < -0.4 is 10.6 Å². The molecule has 0 aromatic carbocycles. The minimum atomic E-state index is 0.392. The first-order valence-corrected chi connectivity index (χ1v) is 6.05. The second kappa shape index (κ2) is 4.64. The number of piperidine rings is 1. The predicted molar refractivity (Wildman–Crippen MR) is 67.1 cm³/mol. The summed E-state index contributed by atoms with van der Waals surface area (Å²) < 4.78 is 4.80. The first-order valence-electron chi connectivity index (χ1n) is 6.05. The molecular weight excluding hydrogens is 230 g/mol. The van der Waals surface area contributed by atoms with E-state index in [1.54, 1.807) is 12.4 Å². The molecule has 6 heteroatoms. The van der Waals surface area contributed by atoms with Gasteiger partial charge in [0, 0.05) is 25.2 Å². The summed E-state index contributed by atoms with van der Waals surface area (Å²) in [4.78, 5) is 10.4. The Morgan fingerprint density at radius 1 is 1.33 bits per heavy atom. The molecular formula is C12H15N5O. The van der Waals surface area contributed by atoms with Crippen LogP contribution in [0.25, 0.3) is 0 Å². The predicted octanol–water partition coefficient (Wildman–Crippen LogP) is 1.43. The molecule has 0 saturated carbocycles. The summed E-state index contributed by atoms with van der Waals surface area (Å²) in [5.74, 6) is 1.21. The molecule has 2 aromatic heterocycles. The van der Waals surface area contributed by atoms with Crippen molar-refractivity contribution in [1.82, 2.24) is 15.1 Å². The Hall–Kier alpha value is -2.11. The Bertz CT molecular complexity index is 505. The molecule has 1 aliphatic rings. The van der Waals surface area contributed by atoms with E-state index >= 15 is 0 Å². The van der Waals surface area contributed by atoms with E-state index in [0.29, 0.717) is 5.92 Å². The number of rotatable bonds is 2. The molecule has 1 aliphatic heterocycles. The third-order valence-electron chi connectivity index (χ3n) is 3.41. The average molecular weight is 245 g/mol. The van der Waals surface area contributed by atoms with Gasteiger partial charge in [-0.2, -0.15) is 4.98 Å². The molecule has 6 nitrogen and oxygen atoms in total. The number of nitrogens with zero attached hydrogens (tertiary/aromatic N) is 4. The topological polar surface area (TPSA) is 81.1 Å². The molecule has 1 fully saturated rings. The number of nitrogens with two attached hydrogens (primary N) is 1. The molecule has 18 heavy (non-hydrogen) atoms. The summed E-state index contributed by atoms with van der Waals surface area (Å²) >= 11 is 0. The molecule has 0 radical (unpaired) electrons. The monoisotopic (exact) mass is 245 g/mol. The third-order valence-corrected chi connectivity index (χ3v) is 3.41. The molecule has 0 amide bonds. The molecule has 3 rings (SSSR count). The lowest BCUT2D eigenvalue weighted by Crippen LogP contribution is -2.33. The van der Waals surface area contributed by atoms with Crippen LogP contribution in [0.4, 0.5) is 11.4 Å². The minimum Gasteiger partial charge on any atom is -0.396 e. The largest absolute Gasteiger partial charge is 0.396 e. The number of anilines is 2. The van der Waals surface area contributed by atoms with Gasteiger partial charge in [-0.15, -0.1) is 0 Å². The maximum Gasteiger partial charge on any atom is 0.213 e. The van der Waals surface area contributed by atoms with Crippen LogP contribution in [0.1, 0.15) is 24.6 Å². The van der Waals surface area contributed by atoms with Gasteiger partial charge in [-0.05, 0) is 18.9 Å². The highest BCUT2D eigenvalue weighted by atomic mass is 16.5. The lowest BCUT2D eigenvalue weighted by atomic mass is 9.96. The van der Waals surface area contributed by atoms with Crippen LogP contribution in [0.15, 0.2) is 29.4 Å². The van der Waals surface area contributed by atoms with E-state index in [4.69, 9.17) is 10.3 Å². The molecule has 3 heterocycles. The van der Waals surface area contributed by atoms with Crippen molar-refractivity contribution in [3.63, 3.8) is 0 Å². The fourth-order valence-electron chi connectivity index (χ4n) is 2.42. The van der Waals surface area contributed by atoms with E-state index in [0.717, 1.165) is 43.1 Å². The van der Waals surface area contributed by atoms with Gasteiger partial charge in [0.15, 0.2) is 5.82 Å². The molecule has 0 aliphatic carbocycles. The summed E-state index contributed by atoms with van der Waals surface area (Å²) in [6, 6.07) is 1.96. The molecule has 0 unspecified atom stereocenters. The lowest BCUT2D eigenvalue weighted by molar-refractivity contribution is 0.393. The van der Waals surface area contributed by atoms with Gasteiger partial charge in [0.2, 0.25) is 6.39 Å². The summed E-state index contributed by atoms with van der Waals surface area (Å²) in [6.07, 6.45) is 6.89. The Morgan fingerprint density at radius 3 is 2.83 bits per heavy atom. The Balaban J connectivity index is 1.69. The Kier molecular flexibility index (Phi) is 2.84. The van der Waals surface area contributed by atoms with Crippen molar-refractivity contribution in [3.8, 4) is 0 Å². The highest BCUT2D eigenvalue weighted by Crippen LogP contribution is 2.30. The van der Waals surface area contributed by atoms with Gasteiger partial charge in [0.05, 0.1) is 17.6 Å². The lowest BCUT2D eigenvalue weighted by Gasteiger charge is -2.32. The molecule has 94 valence electrons. The van der Waals surface area contributed by atoms with Crippen molar-refractivity contribution < 1.29 is 4.52 Å². The van der Waals surface area contributed by atoms with Gasteiger partial charge in [-0.25, -0.2) is 0 Å². The second-order valence-electron chi connectivity index (χ2n) is 4.49. The van der Waals surface area contributed by atoms with Crippen LogP contribution in [0.2, 0.25) is 0 Å². The average Bonchev–Trinajstić information content (AvgIpc) is 2.94. The van der Waals surface area contributed by atoms with Crippen molar-refractivity contribution in [2.24, 2.45) is 0 Å². The highest BCUT2D eigenvalue weighted by Gasteiger charge is 2.24. The van der Waals surface area contributed by atoms with Crippen LogP contribution in [-0.2, 0) is 0 Å². The smallest absolute Gasteiger partial charge is 0.213 e. The first kappa shape index (κ1) is 11.0. The number of hydrogen-bond donors (Lipinski definition) is 1. The maximum atomic E-state index is 5.94. The van der Waals surface area contributed by atoms with Crippen LogP contribution >= 0.6 is 0 Å². The fraction of sp³-hybridized carbons (Fsp3) is 0.417. The molecule has 0 spiro atoms. The zero-order valence-electron chi connectivity index (χ0n) is 9.99. The molecule has 2 N–H and O–H groups in total. The Labute approximate surface area is 105 Å². The highest BCUT2D eigenvalue weighted by molar-refractivity contribution is 5.66. The van der Waals surface area contributed by atoms with E-state index in [2.05, 4.69) is 20.0 Å². The maximum absolute atomic E-state index is 5.94. The zero-order chi connectivity index (χ0) is 12.4. The number of pyridine rings is 1. The first-order chi connectivity index (χ1) is 8.84. The van der Waals surface area contributed by atoms with Crippen LogP contribution in [0, 0.1) is 0 Å². The molecule has 0 atom stereocenters. The Morgan fingerprint density at radius 2 is 2.17 bits per heavy atom. The van der Waals surface area contributed by atoms with Gasteiger partial charge in [-0.3, -0.25) is 4.98 Å². The quantitative estimate of drug-likeness (QED) is 0.862. The van der Waals surface area contributed by atoms with Crippen molar-refractivity contribution in [3.05, 3.63) is 30.7 Å². The van der Waals surface area contributed by atoms with Crippen molar-refractivity contribution in [2.45, 2.75) is 18.8 Å². The molecule has 1 saturated heterocycles. The van der Waals surface area contributed by atoms with Crippen molar-refractivity contribution in [2.75, 3.05) is 23.7 Å².